The molecule has 0 spiro atoms. The lowest BCUT2D eigenvalue weighted by molar-refractivity contribution is 1.07. The molecule has 292 valence electrons. The summed E-state index contributed by atoms with van der Waals surface area (Å²) in [6.45, 7) is 0. The highest BCUT2D eigenvalue weighted by Crippen LogP contribution is 2.38. The summed E-state index contributed by atoms with van der Waals surface area (Å²) in [5.41, 5.74) is 10.2. The van der Waals surface area contributed by atoms with Crippen molar-refractivity contribution in [3.8, 4) is 56.5 Å². The van der Waals surface area contributed by atoms with Gasteiger partial charge in [0.25, 0.3) is 0 Å². The number of pyridine rings is 1. The summed E-state index contributed by atoms with van der Waals surface area (Å²) in [5.74, 6) is 1.91. The van der Waals surface area contributed by atoms with Gasteiger partial charge < -0.3 is 0 Å². The molecule has 0 aliphatic heterocycles. The molecule has 0 saturated heterocycles. The van der Waals surface area contributed by atoms with Crippen LogP contribution < -0.4 is 0 Å². The molecule has 1 N–H and O–H groups in total. The zero-order valence-corrected chi connectivity index (χ0v) is 33.5. The Balaban J connectivity index is 1.25. The van der Waals surface area contributed by atoms with Crippen LogP contribution in [0.4, 0.5) is 0 Å². The number of hydrogen-bond acceptors (Lipinski definition) is 5. The minimum absolute atomic E-state index is 0.349. The van der Waals surface area contributed by atoms with Gasteiger partial charge in [0.15, 0.2) is 23.3 Å². The lowest BCUT2D eigenvalue weighted by Crippen LogP contribution is -2.09. The highest BCUT2D eigenvalue weighted by Gasteiger charge is 2.19. The van der Waals surface area contributed by atoms with Gasteiger partial charge >= 0.3 is 0 Å². The molecule has 2 aromatic heterocycles. The van der Waals surface area contributed by atoms with Crippen molar-refractivity contribution in [3.05, 3.63) is 229 Å². The Hall–Kier alpha value is -8.55. The fraction of sp³-hybridized carbons (Fsp3) is 0. The molecule has 0 amide bonds. The van der Waals surface area contributed by atoms with Crippen molar-refractivity contribution in [1.82, 2.24) is 19.9 Å². The number of aromatic nitrogens is 4. The maximum Gasteiger partial charge on any atom is 0.164 e. The smallest absolute Gasteiger partial charge is 0.164 e. The Morgan fingerprint density at radius 2 is 0.919 bits per heavy atom. The highest BCUT2D eigenvalue weighted by molar-refractivity contribution is 6.21. The molecule has 0 fully saturated rings. The van der Waals surface area contributed by atoms with Crippen LogP contribution in [0.2, 0.25) is 0 Å². The van der Waals surface area contributed by atoms with Crippen LogP contribution in [0.25, 0.3) is 78.2 Å². The average Bonchev–Trinajstić information content (AvgIpc) is 3.36. The zero-order valence-electron chi connectivity index (χ0n) is 33.5. The summed E-state index contributed by atoms with van der Waals surface area (Å²) < 4.78 is 0. The second-order valence-corrected chi connectivity index (χ2v) is 14.7. The summed E-state index contributed by atoms with van der Waals surface area (Å²) >= 11 is 0. The number of benzene rings is 8. The van der Waals surface area contributed by atoms with Crippen LogP contribution in [-0.4, -0.2) is 37.8 Å². The monoisotopic (exact) mass is 795 g/mol. The van der Waals surface area contributed by atoms with E-state index in [1.165, 1.54) is 0 Å². The van der Waals surface area contributed by atoms with E-state index in [9.17, 15) is 0 Å². The molecule has 2 heterocycles. The average molecular weight is 796 g/mol. The maximum atomic E-state index is 8.27. The Labute approximate surface area is 359 Å². The van der Waals surface area contributed by atoms with Crippen LogP contribution in [0.15, 0.2) is 222 Å². The van der Waals surface area contributed by atoms with E-state index in [4.69, 9.17) is 30.3 Å². The number of hydrogen-bond donors (Lipinski definition) is 1. The Morgan fingerprint density at radius 1 is 0.419 bits per heavy atom. The van der Waals surface area contributed by atoms with Gasteiger partial charge in [0, 0.05) is 44.3 Å². The third-order valence-electron chi connectivity index (χ3n) is 10.7. The van der Waals surface area contributed by atoms with Crippen molar-refractivity contribution in [2.45, 2.75) is 0 Å². The van der Waals surface area contributed by atoms with E-state index in [2.05, 4.69) is 77.8 Å². The summed E-state index contributed by atoms with van der Waals surface area (Å²) in [4.78, 5) is 30.5. The van der Waals surface area contributed by atoms with E-state index in [-0.39, 0.29) is 0 Å². The number of rotatable bonds is 9. The number of nitrogens with zero attached hydrogens (tertiary/aromatic N) is 6. The SMILES string of the molecule is N=C/N=C(\N=C(c1ccccc1)c1ccccc1)c1cc(-c2cc(-c3ccccc3)c3c(ccc4ccccc43)n2)cc(-c2nc(-c3ccccc3)nc(-c3ccccc3)n2)c1. The van der Waals surface area contributed by atoms with Crippen LogP contribution in [0, 0.1) is 5.41 Å². The molecule has 8 aromatic carbocycles. The third kappa shape index (κ3) is 7.70. The van der Waals surface area contributed by atoms with Crippen LogP contribution in [-0.2, 0) is 0 Å². The molecule has 10 aromatic rings. The molecular weight excluding hydrogens is 759 g/mol. The van der Waals surface area contributed by atoms with Crippen molar-refractivity contribution in [3.63, 3.8) is 0 Å². The van der Waals surface area contributed by atoms with Gasteiger partial charge in [0.2, 0.25) is 0 Å². The van der Waals surface area contributed by atoms with E-state index < -0.39 is 0 Å². The van der Waals surface area contributed by atoms with Gasteiger partial charge in [-0.05, 0) is 52.2 Å². The lowest BCUT2D eigenvalue weighted by Gasteiger charge is -2.15. The van der Waals surface area contributed by atoms with Gasteiger partial charge in [-0.25, -0.2) is 29.9 Å². The van der Waals surface area contributed by atoms with Gasteiger partial charge in [0.05, 0.1) is 16.9 Å². The summed E-state index contributed by atoms with van der Waals surface area (Å²) in [7, 11) is 0. The maximum absolute atomic E-state index is 8.27. The largest absolute Gasteiger partial charge is 0.289 e. The lowest BCUT2D eigenvalue weighted by atomic mass is 9.93. The first-order valence-corrected chi connectivity index (χ1v) is 20.4. The summed E-state index contributed by atoms with van der Waals surface area (Å²) in [5, 5.41) is 11.6. The molecule has 62 heavy (non-hydrogen) atoms. The molecule has 0 atom stereocenters. The molecule has 0 aliphatic rings. The second-order valence-electron chi connectivity index (χ2n) is 14.7. The first-order valence-electron chi connectivity index (χ1n) is 20.4. The van der Waals surface area contributed by atoms with E-state index in [0.29, 0.717) is 34.4 Å². The van der Waals surface area contributed by atoms with Crippen molar-refractivity contribution in [2.24, 2.45) is 9.98 Å². The van der Waals surface area contributed by atoms with E-state index >= 15 is 0 Å². The molecule has 0 radical (unpaired) electrons. The fourth-order valence-electron chi connectivity index (χ4n) is 7.79. The van der Waals surface area contributed by atoms with Crippen molar-refractivity contribution < 1.29 is 0 Å². The normalized spacial score (nSPS) is 11.4. The standard InChI is InChI=1S/C55H37N7/c56-36-57-52(59-51(39-21-8-2-9-22-39)40-23-10-3-11-24-40)44-32-43(49-35-47(37-18-6-1-7-19-37)50-46-29-17-16-20-38(46)30-31-48(50)58-49)33-45(34-44)55-61-53(41-25-12-4-13-26-41)60-54(62-55)42-27-14-5-15-28-42/h1-36,56H/b56-36?,57-52-. The summed E-state index contributed by atoms with van der Waals surface area (Å²) in [6.07, 6.45) is 1.04. The minimum atomic E-state index is 0.349. The first kappa shape index (κ1) is 37.7. The Morgan fingerprint density at radius 3 is 1.50 bits per heavy atom. The number of amidine groups is 1. The molecule has 0 bridgehead atoms. The molecular formula is C55H37N7. The Kier molecular flexibility index (Phi) is 10.3. The van der Waals surface area contributed by atoms with Gasteiger partial charge in [-0.15, -0.1) is 0 Å². The minimum Gasteiger partial charge on any atom is -0.289 e. The van der Waals surface area contributed by atoms with Crippen LogP contribution in [0.3, 0.4) is 0 Å². The van der Waals surface area contributed by atoms with E-state index in [1.54, 1.807) is 0 Å². The van der Waals surface area contributed by atoms with Gasteiger partial charge in [-0.1, -0.05) is 182 Å². The number of aliphatic imine (C=N–C) groups is 2. The second kappa shape index (κ2) is 17.0. The van der Waals surface area contributed by atoms with Gasteiger partial charge in [-0.2, -0.15) is 0 Å². The van der Waals surface area contributed by atoms with E-state index in [1.807, 2.05) is 140 Å². The van der Waals surface area contributed by atoms with Crippen molar-refractivity contribution >= 4 is 39.6 Å². The third-order valence-corrected chi connectivity index (χ3v) is 10.7. The van der Waals surface area contributed by atoms with Crippen molar-refractivity contribution in [1.29, 1.82) is 5.41 Å². The van der Waals surface area contributed by atoms with Crippen LogP contribution in [0.5, 0.6) is 0 Å². The van der Waals surface area contributed by atoms with E-state index in [0.717, 1.165) is 78.4 Å². The predicted octanol–water partition coefficient (Wildman–Crippen LogP) is 12.8. The van der Waals surface area contributed by atoms with Crippen LogP contribution >= 0.6 is 0 Å². The predicted molar refractivity (Wildman–Crippen MR) is 254 cm³/mol. The molecule has 7 nitrogen and oxygen atoms in total. The fourth-order valence-corrected chi connectivity index (χ4v) is 7.79. The quantitative estimate of drug-likeness (QED) is 0.0893. The van der Waals surface area contributed by atoms with Crippen LogP contribution in [0.1, 0.15) is 16.7 Å². The Bertz CT molecular complexity index is 3180. The van der Waals surface area contributed by atoms with Gasteiger partial charge in [0.1, 0.15) is 6.34 Å². The number of fused-ring (bicyclic) bond motifs is 3. The molecule has 0 unspecified atom stereocenters. The molecule has 7 heteroatoms. The molecule has 0 saturated carbocycles. The van der Waals surface area contributed by atoms with Gasteiger partial charge in [-0.3, -0.25) is 5.41 Å². The van der Waals surface area contributed by atoms with Crippen molar-refractivity contribution in [2.75, 3.05) is 0 Å². The topological polar surface area (TPSA) is 100 Å². The summed E-state index contributed by atoms with van der Waals surface area (Å²) in [6, 6.07) is 71.4. The zero-order chi connectivity index (χ0) is 41.7. The highest BCUT2D eigenvalue weighted by atomic mass is 15.0. The number of nitrogens with one attached hydrogen (secondary N) is 1. The first-order chi connectivity index (χ1) is 30.7. The molecule has 10 rings (SSSR count). The molecule has 0 aliphatic carbocycles.